The van der Waals surface area contributed by atoms with Gasteiger partial charge >= 0.3 is 12.1 Å². The molecule has 0 radical (unpaired) electrons. The van der Waals surface area contributed by atoms with Crippen LogP contribution in [0.15, 0.2) is 18.2 Å². The van der Waals surface area contributed by atoms with Crippen LogP contribution in [-0.4, -0.2) is 96.6 Å². The van der Waals surface area contributed by atoms with Crippen LogP contribution in [0.4, 0.5) is 15.3 Å². The number of amides is 5. The van der Waals surface area contributed by atoms with E-state index in [-0.39, 0.29) is 54.8 Å². The molecule has 1 aliphatic carbocycles. The number of aliphatic hydroxyl groups is 1. The Labute approximate surface area is 263 Å². The Kier molecular flexibility index (Phi) is 14.0. The zero-order valence-corrected chi connectivity index (χ0v) is 27.6. The molecule has 1 aromatic carbocycles. The summed E-state index contributed by atoms with van der Waals surface area (Å²) in [5.41, 5.74) is 0.814. The smallest absolute Gasteiger partial charge is 0.319 e. The fourth-order valence-corrected chi connectivity index (χ4v) is 5.77. The first-order chi connectivity index (χ1) is 21.0. The SMILES string of the molecule is CC(C)NC(=O)N(C)C[C@@H]1OCCCC[C@H](C)Oc2ccc(NC(=O)NC3CCCCC3)cc2C(=O)N([C@@H](C)CO)C[C@H]1C. The summed E-state index contributed by atoms with van der Waals surface area (Å²) in [4.78, 5) is 43.0. The monoisotopic (exact) mass is 617 g/mol. The maximum atomic E-state index is 14.3. The zero-order valence-electron chi connectivity index (χ0n) is 27.6. The number of carbonyl (C=O) groups excluding carboxylic acids is 3. The summed E-state index contributed by atoms with van der Waals surface area (Å²) in [6, 6.07) is 4.36. The molecule has 0 unspecified atom stereocenters. The van der Waals surface area contributed by atoms with E-state index in [9.17, 15) is 19.5 Å². The molecule has 5 amide bonds. The first-order valence-electron chi connectivity index (χ1n) is 16.4. The second-order valence-electron chi connectivity index (χ2n) is 12.9. The lowest BCUT2D eigenvalue weighted by atomic mass is 9.96. The third kappa shape index (κ3) is 10.8. The third-order valence-electron chi connectivity index (χ3n) is 8.46. The standard InChI is InChI=1S/C33H55N5O6/c1-22(2)34-33(42)37(6)20-30-23(3)19-38(24(4)21-39)31(40)28-18-27(36-32(41)35-26-13-8-7-9-14-26)15-16-29(28)44-25(5)12-10-11-17-43-30/h15-16,18,22-26,30,39H,7-14,17,19-21H2,1-6H3,(H,34,42)(H2,35,36,41)/t23-,24+,25+,30+/m1/s1. The van der Waals surface area contributed by atoms with E-state index in [0.717, 1.165) is 44.9 Å². The fourth-order valence-electron chi connectivity index (χ4n) is 5.77. The van der Waals surface area contributed by atoms with Crippen molar-refractivity contribution in [3.8, 4) is 5.75 Å². The Morgan fingerprint density at radius 1 is 1.07 bits per heavy atom. The third-order valence-corrected chi connectivity index (χ3v) is 8.46. The van der Waals surface area contributed by atoms with E-state index in [1.165, 1.54) is 6.42 Å². The van der Waals surface area contributed by atoms with Crippen molar-refractivity contribution in [2.24, 2.45) is 5.92 Å². The predicted molar refractivity (Wildman–Crippen MR) is 172 cm³/mol. The summed E-state index contributed by atoms with van der Waals surface area (Å²) >= 11 is 0. The highest BCUT2D eigenvalue weighted by molar-refractivity contribution is 5.99. The maximum Gasteiger partial charge on any atom is 0.319 e. The molecule has 0 aromatic heterocycles. The average molecular weight is 618 g/mol. The van der Waals surface area contributed by atoms with E-state index in [2.05, 4.69) is 16.0 Å². The molecule has 3 rings (SSSR count). The number of likely N-dealkylation sites (N-methyl/N-ethyl adjacent to an activating group) is 1. The molecule has 1 aromatic rings. The number of hydrogen-bond donors (Lipinski definition) is 4. The van der Waals surface area contributed by atoms with Gasteiger partial charge in [-0.15, -0.1) is 0 Å². The summed E-state index contributed by atoms with van der Waals surface area (Å²) in [5.74, 6) is -0.0202. The molecule has 11 heteroatoms. The van der Waals surface area contributed by atoms with Gasteiger partial charge in [0.25, 0.3) is 5.91 Å². The molecule has 4 atom stereocenters. The molecule has 0 bridgehead atoms. The van der Waals surface area contributed by atoms with Crippen LogP contribution in [-0.2, 0) is 4.74 Å². The molecule has 1 fully saturated rings. The van der Waals surface area contributed by atoms with E-state index >= 15 is 0 Å². The van der Waals surface area contributed by atoms with Gasteiger partial charge in [0, 0.05) is 50.4 Å². The van der Waals surface area contributed by atoms with Crippen molar-refractivity contribution in [1.29, 1.82) is 0 Å². The van der Waals surface area contributed by atoms with Gasteiger partial charge in [0.2, 0.25) is 0 Å². The maximum absolute atomic E-state index is 14.3. The van der Waals surface area contributed by atoms with Crippen molar-refractivity contribution >= 4 is 23.7 Å². The summed E-state index contributed by atoms with van der Waals surface area (Å²) in [6.07, 6.45) is 7.36. The van der Waals surface area contributed by atoms with E-state index in [1.807, 2.05) is 27.7 Å². The minimum absolute atomic E-state index is 0.00722. The van der Waals surface area contributed by atoms with Crippen LogP contribution in [0.5, 0.6) is 5.75 Å². The number of urea groups is 2. The number of ether oxygens (including phenoxy) is 2. The van der Waals surface area contributed by atoms with Gasteiger partial charge in [0.15, 0.2) is 0 Å². The molecule has 4 N–H and O–H groups in total. The van der Waals surface area contributed by atoms with E-state index < -0.39 is 6.04 Å². The minimum atomic E-state index is -0.489. The summed E-state index contributed by atoms with van der Waals surface area (Å²) < 4.78 is 12.6. The Morgan fingerprint density at radius 3 is 2.45 bits per heavy atom. The first kappa shape index (κ1) is 35.4. The van der Waals surface area contributed by atoms with Gasteiger partial charge in [-0.1, -0.05) is 26.2 Å². The van der Waals surface area contributed by atoms with Crippen molar-refractivity contribution in [2.45, 2.75) is 116 Å². The Balaban J connectivity index is 1.88. The van der Waals surface area contributed by atoms with Gasteiger partial charge in [0.05, 0.1) is 30.4 Å². The number of carbonyl (C=O) groups is 3. The summed E-state index contributed by atoms with van der Waals surface area (Å²) in [6.45, 7) is 10.6. The lowest BCUT2D eigenvalue weighted by Crippen LogP contribution is -2.49. The number of nitrogens with zero attached hydrogens (tertiary/aromatic N) is 2. The van der Waals surface area contributed by atoms with Gasteiger partial charge in [-0.25, -0.2) is 9.59 Å². The van der Waals surface area contributed by atoms with Crippen LogP contribution in [0, 0.1) is 5.92 Å². The molecular weight excluding hydrogens is 562 g/mol. The number of rotatable bonds is 7. The number of benzene rings is 1. The molecule has 2 aliphatic rings. The van der Waals surface area contributed by atoms with E-state index in [4.69, 9.17) is 9.47 Å². The Morgan fingerprint density at radius 2 is 1.77 bits per heavy atom. The van der Waals surface area contributed by atoms with Gasteiger partial charge in [-0.05, 0) is 78.0 Å². The second-order valence-corrected chi connectivity index (χ2v) is 12.9. The van der Waals surface area contributed by atoms with Gasteiger partial charge < -0.3 is 40.3 Å². The highest BCUT2D eigenvalue weighted by atomic mass is 16.5. The van der Waals surface area contributed by atoms with Crippen molar-refractivity contribution in [1.82, 2.24) is 20.4 Å². The molecule has 1 aliphatic heterocycles. The molecular formula is C33H55N5O6. The quantitative estimate of drug-likeness (QED) is 0.341. The lowest BCUT2D eigenvalue weighted by molar-refractivity contribution is -0.0122. The Hall–Kier alpha value is -3.05. The molecule has 1 saturated carbocycles. The Bertz CT molecular complexity index is 1080. The summed E-state index contributed by atoms with van der Waals surface area (Å²) in [7, 11) is 1.74. The van der Waals surface area contributed by atoms with Crippen molar-refractivity contribution in [3.05, 3.63) is 23.8 Å². The number of anilines is 1. The lowest BCUT2D eigenvalue weighted by Gasteiger charge is -2.36. The largest absolute Gasteiger partial charge is 0.490 e. The van der Waals surface area contributed by atoms with Crippen LogP contribution in [0.25, 0.3) is 0 Å². The minimum Gasteiger partial charge on any atom is -0.490 e. The van der Waals surface area contributed by atoms with Crippen molar-refractivity contribution in [2.75, 3.05) is 38.7 Å². The topological polar surface area (TPSA) is 132 Å². The molecule has 0 spiro atoms. The highest BCUT2D eigenvalue weighted by Crippen LogP contribution is 2.29. The first-order valence-corrected chi connectivity index (χ1v) is 16.4. The summed E-state index contributed by atoms with van der Waals surface area (Å²) in [5, 5.41) is 19.0. The molecule has 11 nitrogen and oxygen atoms in total. The highest BCUT2D eigenvalue weighted by Gasteiger charge is 2.31. The van der Waals surface area contributed by atoms with Crippen LogP contribution in [0.1, 0.15) is 96.3 Å². The van der Waals surface area contributed by atoms with Crippen LogP contribution in [0.2, 0.25) is 0 Å². The molecule has 0 saturated heterocycles. The van der Waals surface area contributed by atoms with Crippen molar-refractivity contribution in [3.63, 3.8) is 0 Å². The molecule has 1 heterocycles. The number of fused-ring (bicyclic) bond motifs is 1. The number of nitrogens with one attached hydrogen (secondary N) is 3. The molecule has 248 valence electrons. The van der Waals surface area contributed by atoms with Crippen molar-refractivity contribution < 1.29 is 29.0 Å². The second kappa shape index (κ2) is 17.4. The molecule has 44 heavy (non-hydrogen) atoms. The zero-order chi connectivity index (χ0) is 32.2. The van der Waals surface area contributed by atoms with Gasteiger partial charge in [0.1, 0.15) is 5.75 Å². The van der Waals surface area contributed by atoms with Crippen LogP contribution < -0.4 is 20.7 Å². The van der Waals surface area contributed by atoms with Gasteiger partial charge in [-0.3, -0.25) is 4.79 Å². The van der Waals surface area contributed by atoms with Crippen LogP contribution in [0.3, 0.4) is 0 Å². The number of hydrogen-bond acceptors (Lipinski definition) is 6. The number of aliphatic hydroxyl groups excluding tert-OH is 1. The fraction of sp³-hybridized carbons (Fsp3) is 0.727. The normalized spacial score (nSPS) is 23.1. The van der Waals surface area contributed by atoms with E-state index in [0.29, 0.717) is 36.7 Å². The van der Waals surface area contributed by atoms with E-state index in [1.54, 1.807) is 42.0 Å². The average Bonchev–Trinajstić information content (AvgIpc) is 2.98. The van der Waals surface area contributed by atoms with Gasteiger partial charge in [-0.2, -0.15) is 0 Å². The van der Waals surface area contributed by atoms with Crippen LogP contribution >= 0.6 is 0 Å². The predicted octanol–water partition coefficient (Wildman–Crippen LogP) is 4.99.